The molecule has 0 bridgehead atoms. The van der Waals surface area contributed by atoms with Crippen LogP contribution in [0.2, 0.25) is 0 Å². The van der Waals surface area contributed by atoms with Crippen LogP contribution in [0.1, 0.15) is 11.0 Å². The van der Waals surface area contributed by atoms with Crippen LogP contribution in [0.5, 0.6) is 0 Å². The lowest BCUT2D eigenvalue weighted by Crippen LogP contribution is -1.92. The third-order valence-electron chi connectivity index (χ3n) is 9.05. The van der Waals surface area contributed by atoms with Crippen LogP contribution in [0.4, 0.5) is 0 Å². The van der Waals surface area contributed by atoms with Crippen LogP contribution in [0.25, 0.3) is 96.3 Å². The fourth-order valence-electron chi connectivity index (χ4n) is 7.14. The van der Waals surface area contributed by atoms with Crippen LogP contribution in [-0.4, -0.2) is 0 Å². The molecule has 10 rings (SSSR count). The van der Waals surface area contributed by atoms with Gasteiger partial charge >= 0.3 is 0 Å². The number of rotatable bonds is 2. The zero-order valence-electron chi connectivity index (χ0n) is 31.8. The first kappa shape index (κ1) is 18.3. The molecule has 1 heteroatoms. The lowest BCUT2D eigenvalue weighted by atomic mass is 9.84. The zero-order chi connectivity index (χ0) is 36.4. The topological polar surface area (TPSA) is 0 Å². The van der Waals surface area contributed by atoms with Crippen LogP contribution < -0.4 is 0 Å². The number of thiophene rings is 1. The van der Waals surface area contributed by atoms with Gasteiger partial charge in [0.2, 0.25) is 0 Å². The second-order valence-corrected chi connectivity index (χ2v) is 12.5. The summed E-state index contributed by atoms with van der Waals surface area (Å²) in [7, 11) is 0. The molecule has 0 saturated heterocycles. The number of hydrogen-bond donors (Lipinski definition) is 0. The van der Waals surface area contributed by atoms with Gasteiger partial charge in [0.05, 0.1) is 11.0 Å². The molecule has 0 saturated carbocycles. The summed E-state index contributed by atoms with van der Waals surface area (Å²) < 4.78 is 75.3. The van der Waals surface area contributed by atoms with E-state index in [0.717, 1.165) is 52.5 Å². The Morgan fingerprint density at radius 3 is 1.69 bits per heavy atom. The van der Waals surface area contributed by atoms with Gasteiger partial charge in [-0.3, -0.25) is 0 Å². The first-order chi connectivity index (χ1) is 25.7. The molecule has 0 nitrogen and oxygen atoms in total. The van der Waals surface area contributed by atoms with E-state index in [1.54, 1.807) is 11.3 Å². The fraction of sp³-hybridized carbons (Fsp3) is 0. The highest BCUT2D eigenvalue weighted by Crippen LogP contribution is 2.49. The average Bonchev–Trinajstić information content (AvgIpc) is 3.58. The van der Waals surface area contributed by atoms with Gasteiger partial charge in [-0.2, -0.15) is 0 Å². The van der Waals surface area contributed by atoms with Gasteiger partial charge in [0, 0.05) is 20.2 Å². The lowest BCUT2D eigenvalue weighted by Gasteiger charge is -2.19. The van der Waals surface area contributed by atoms with Gasteiger partial charge in [-0.05, 0) is 94.3 Å². The predicted molar refractivity (Wildman–Crippen MR) is 198 cm³/mol. The molecule has 0 radical (unpaired) electrons. The quantitative estimate of drug-likeness (QED) is 0.175. The molecule has 10 aromatic rings. The van der Waals surface area contributed by atoms with Gasteiger partial charge in [-0.1, -0.05) is 139 Å². The summed E-state index contributed by atoms with van der Waals surface area (Å²) in [6.07, 6.45) is 0. The van der Waals surface area contributed by atoms with Crippen molar-refractivity contribution in [2.75, 3.05) is 0 Å². The van der Waals surface area contributed by atoms with Gasteiger partial charge in [0.25, 0.3) is 0 Å². The number of benzene rings is 9. The van der Waals surface area contributed by atoms with E-state index >= 15 is 0 Å². The minimum Gasteiger partial charge on any atom is -0.135 e. The Morgan fingerprint density at radius 1 is 0.400 bits per heavy atom. The smallest absolute Gasteiger partial charge is 0.0629 e. The molecule has 0 aliphatic rings. The van der Waals surface area contributed by atoms with Crippen molar-refractivity contribution in [3.8, 4) is 22.3 Å². The molecule has 0 N–H and O–H groups in total. The number of hydrogen-bond acceptors (Lipinski definition) is 1. The first-order valence-corrected chi connectivity index (χ1v) is 15.7. The van der Waals surface area contributed by atoms with Crippen molar-refractivity contribution in [1.29, 1.82) is 0 Å². The minimum atomic E-state index is -0.410. The average molecular weight is 595 g/mol. The van der Waals surface area contributed by atoms with E-state index < -0.39 is 24.2 Å². The van der Waals surface area contributed by atoms with Crippen LogP contribution in [0, 0.1) is 0 Å². The van der Waals surface area contributed by atoms with E-state index in [2.05, 4.69) is 30.3 Å². The molecular formula is C44H26S. The van der Waals surface area contributed by atoms with Gasteiger partial charge in [-0.15, -0.1) is 11.3 Å². The van der Waals surface area contributed by atoms with Crippen molar-refractivity contribution < 1.29 is 11.0 Å². The summed E-state index contributed by atoms with van der Waals surface area (Å²) >= 11 is 1.64. The molecule has 0 aliphatic carbocycles. The lowest BCUT2D eigenvalue weighted by molar-refractivity contribution is 1.69. The van der Waals surface area contributed by atoms with Gasteiger partial charge < -0.3 is 0 Å². The third-order valence-corrected chi connectivity index (χ3v) is 10.2. The Balaban J connectivity index is 1.49. The third kappa shape index (κ3) is 3.59. The molecule has 208 valence electrons. The molecule has 1 aromatic heterocycles. The van der Waals surface area contributed by atoms with Crippen molar-refractivity contribution >= 4 is 85.4 Å². The normalized spacial score (nSPS) is 14.5. The zero-order valence-corrected chi connectivity index (χ0v) is 24.6. The first-order valence-electron chi connectivity index (χ1n) is 18.9. The van der Waals surface area contributed by atoms with Crippen molar-refractivity contribution in [3.05, 3.63) is 158 Å². The SMILES string of the molecule is [2H]c1c([2H])c([2H])c2c(-c3cc4sc5ccc6ccccc6c5c4c4ccccc34)c3c([2H])c([2H])c([2H])c([2H])c3c(-c3ccc4ccccc4c3)c2c1[2H]. The van der Waals surface area contributed by atoms with Gasteiger partial charge in [0.15, 0.2) is 0 Å². The fourth-order valence-corrected chi connectivity index (χ4v) is 8.31. The summed E-state index contributed by atoms with van der Waals surface area (Å²) in [6, 6.07) is 33.4. The number of fused-ring (bicyclic) bond motifs is 10. The summed E-state index contributed by atoms with van der Waals surface area (Å²) in [6.45, 7) is 0. The maximum Gasteiger partial charge on any atom is 0.0629 e. The molecular weight excluding hydrogens is 561 g/mol. The monoisotopic (exact) mass is 594 g/mol. The van der Waals surface area contributed by atoms with Gasteiger partial charge in [-0.25, -0.2) is 0 Å². The summed E-state index contributed by atoms with van der Waals surface area (Å²) in [5.74, 6) is 0. The van der Waals surface area contributed by atoms with Crippen LogP contribution in [-0.2, 0) is 0 Å². The Kier molecular flexibility index (Phi) is 3.87. The van der Waals surface area contributed by atoms with Crippen LogP contribution in [0.15, 0.2) is 158 Å². The summed E-state index contributed by atoms with van der Waals surface area (Å²) in [5, 5.41) is 8.96. The molecule has 0 spiro atoms. The molecule has 0 amide bonds. The van der Waals surface area contributed by atoms with E-state index in [1.165, 1.54) is 0 Å². The van der Waals surface area contributed by atoms with Crippen molar-refractivity contribution in [3.63, 3.8) is 0 Å². The molecule has 9 aromatic carbocycles. The molecule has 45 heavy (non-hydrogen) atoms. The summed E-state index contributed by atoms with van der Waals surface area (Å²) in [5.41, 5.74) is 1.94. The van der Waals surface area contributed by atoms with E-state index in [1.807, 2.05) is 78.9 Å². The maximum absolute atomic E-state index is 9.47. The highest BCUT2D eigenvalue weighted by Gasteiger charge is 2.21. The molecule has 0 fully saturated rings. The molecule has 0 atom stereocenters. The van der Waals surface area contributed by atoms with Crippen molar-refractivity contribution in [1.82, 2.24) is 0 Å². The minimum absolute atomic E-state index is 0.213. The Hall–Kier alpha value is -5.50. The van der Waals surface area contributed by atoms with E-state index in [9.17, 15) is 5.48 Å². The van der Waals surface area contributed by atoms with Crippen molar-refractivity contribution in [2.45, 2.75) is 0 Å². The maximum atomic E-state index is 9.47. The molecule has 0 aliphatic heterocycles. The second-order valence-electron chi connectivity index (χ2n) is 11.4. The Labute approximate surface area is 275 Å². The second kappa shape index (κ2) is 9.50. The highest BCUT2D eigenvalue weighted by molar-refractivity contribution is 7.26. The molecule has 0 unspecified atom stereocenters. The van der Waals surface area contributed by atoms with E-state index in [0.29, 0.717) is 22.3 Å². The van der Waals surface area contributed by atoms with Crippen molar-refractivity contribution in [2.24, 2.45) is 0 Å². The van der Waals surface area contributed by atoms with Crippen LogP contribution in [0.3, 0.4) is 0 Å². The van der Waals surface area contributed by atoms with Gasteiger partial charge in [0.1, 0.15) is 0 Å². The standard InChI is InChI=1S/C44H26S/c1-2-13-29-25-30(22-21-27(29)11-1)41-34-17-7-9-19-36(34)42(37-20-10-8-18-35(37)41)38-26-40-44(33-16-6-5-15-32(33)38)43-31-14-4-3-12-28(31)23-24-39(43)45-40/h1-26H/i7D,8D,9D,10D,17D,18D,19D,20D. The van der Waals surface area contributed by atoms with E-state index in [4.69, 9.17) is 5.48 Å². The van der Waals surface area contributed by atoms with E-state index in [-0.39, 0.29) is 45.7 Å². The largest absolute Gasteiger partial charge is 0.135 e. The molecule has 1 heterocycles. The Bertz CT molecular complexity index is 3190. The predicted octanol–water partition coefficient (Wildman–Crippen LogP) is 13.2. The Morgan fingerprint density at radius 2 is 0.956 bits per heavy atom. The summed E-state index contributed by atoms with van der Waals surface area (Å²) in [4.78, 5) is 0. The highest BCUT2D eigenvalue weighted by atomic mass is 32.1. The van der Waals surface area contributed by atoms with Crippen LogP contribution >= 0.6 is 11.3 Å².